The summed E-state index contributed by atoms with van der Waals surface area (Å²) in [6.45, 7) is 9.05. The first-order valence-electron chi connectivity index (χ1n) is 7.23. The van der Waals surface area contributed by atoms with Gasteiger partial charge in [-0.25, -0.2) is 9.78 Å². The number of carbonyl (C=O) groups is 1. The third-order valence-corrected chi connectivity index (χ3v) is 3.43. The number of rotatable bonds is 2. The largest absolute Gasteiger partial charge is 0.446 e. The van der Waals surface area contributed by atoms with Crippen LogP contribution < -0.4 is 0 Å². The van der Waals surface area contributed by atoms with Crippen LogP contribution in [0.4, 0.5) is 4.79 Å². The molecule has 1 saturated heterocycles. The van der Waals surface area contributed by atoms with Crippen LogP contribution in [0.2, 0.25) is 0 Å². The second-order valence-electron chi connectivity index (χ2n) is 6.46. The molecule has 1 fully saturated rings. The van der Waals surface area contributed by atoms with Crippen LogP contribution in [0.25, 0.3) is 0 Å². The van der Waals surface area contributed by atoms with E-state index in [0.717, 1.165) is 38.1 Å². The Morgan fingerprint density at radius 3 is 2.60 bits per heavy atom. The zero-order chi connectivity index (χ0) is 14.8. The van der Waals surface area contributed by atoms with Crippen molar-refractivity contribution in [3.8, 4) is 0 Å². The maximum Gasteiger partial charge on any atom is 0.410 e. The fourth-order valence-electron chi connectivity index (χ4n) is 2.43. The first kappa shape index (κ1) is 14.9. The second kappa shape index (κ2) is 5.85. The molecule has 20 heavy (non-hydrogen) atoms. The highest BCUT2D eigenvalue weighted by Crippen LogP contribution is 2.23. The zero-order valence-corrected chi connectivity index (χ0v) is 12.8. The van der Waals surface area contributed by atoms with Gasteiger partial charge in [-0.15, -0.1) is 0 Å². The molecule has 1 aromatic heterocycles. The van der Waals surface area contributed by atoms with Crippen molar-refractivity contribution in [2.75, 3.05) is 13.1 Å². The summed E-state index contributed by atoms with van der Waals surface area (Å²) in [6, 6.07) is 0. The Bertz CT molecular complexity index is 454. The number of hydrogen-bond donors (Lipinski definition) is 0. The molecule has 0 bridgehead atoms. The average Bonchev–Trinajstić information content (AvgIpc) is 2.73. The van der Waals surface area contributed by atoms with Gasteiger partial charge in [0.05, 0.1) is 6.20 Å². The van der Waals surface area contributed by atoms with Gasteiger partial charge < -0.3 is 14.1 Å². The summed E-state index contributed by atoms with van der Waals surface area (Å²) in [6.07, 6.45) is 4.47. The molecular formula is C15H24N2O3. The molecule has 2 heterocycles. The molecule has 1 aliphatic heterocycles. The van der Waals surface area contributed by atoms with E-state index in [-0.39, 0.29) is 6.09 Å². The predicted molar refractivity (Wildman–Crippen MR) is 75.5 cm³/mol. The minimum atomic E-state index is -0.425. The Balaban J connectivity index is 1.79. The number of aryl methyl sites for hydroxylation is 1. The SMILES string of the molecule is Cc1ncc(CC2CCN(C(=O)OC(C)(C)C)CC2)o1. The van der Waals surface area contributed by atoms with E-state index in [1.165, 1.54) is 0 Å². The van der Waals surface area contributed by atoms with E-state index in [1.54, 1.807) is 11.1 Å². The Kier molecular flexibility index (Phi) is 4.35. The molecule has 0 saturated carbocycles. The Hall–Kier alpha value is -1.52. The van der Waals surface area contributed by atoms with Crippen molar-refractivity contribution in [3.63, 3.8) is 0 Å². The molecule has 0 unspecified atom stereocenters. The van der Waals surface area contributed by atoms with E-state index in [1.807, 2.05) is 27.7 Å². The van der Waals surface area contributed by atoms with Crippen LogP contribution in [0.5, 0.6) is 0 Å². The van der Waals surface area contributed by atoms with Gasteiger partial charge in [0, 0.05) is 26.4 Å². The van der Waals surface area contributed by atoms with Gasteiger partial charge in [-0.3, -0.25) is 0 Å². The molecule has 0 aliphatic carbocycles. The molecule has 0 spiro atoms. The molecule has 0 N–H and O–H groups in total. The number of ether oxygens (including phenoxy) is 1. The first-order chi connectivity index (χ1) is 9.33. The van der Waals surface area contributed by atoms with Gasteiger partial charge in [-0.1, -0.05) is 0 Å². The molecule has 2 rings (SSSR count). The van der Waals surface area contributed by atoms with Crippen LogP contribution in [0.1, 0.15) is 45.3 Å². The number of amides is 1. The van der Waals surface area contributed by atoms with Crippen LogP contribution in [0.3, 0.4) is 0 Å². The molecule has 0 radical (unpaired) electrons. The lowest BCUT2D eigenvalue weighted by Crippen LogP contribution is -2.42. The standard InChI is InChI=1S/C15H24N2O3/c1-11-16-10-13(19-11)9-12-5-7-17(8-6-12)14(18)20-15(2,3)4/h10,12H,5-9H2,1-4H3. The smallest absolute Gasteiger partial charge is 0.410 e. The van der Waals surface area contributed by atoms with Crippen molar-refractivity contribution in [2.45, 2.75) is 52.6 Å². The summed E-state index contributed by atoms with van der Waals surface area (Å²) in [5.74, 6) is 2.21. The fraction of sp³-hybridized carbons (Fsp3) is 0.733. The number of aromatic nitrogens is 1. The molecular weight excluding hydrogens is 256 g/mol. The van der Waals surface area contributed by atoms with Crippen molar-refractivity contribution in [3.05, 3.63) is 17.8 Å². The van der Waals surface area contributed by atoms with Crippen LogP contribution in [0.15, 0.2) is 10.6 Å². The average molecular weight is 280 g/mol. The van der Waals surface area contributed by atoms with Gasteiger partial charge >= 0.3 is 6.09 Å². The number of oxazole rings is 1. The van der Waals surface area contributed by atoms with Gasteiger partial charge in [-0.2, -0.15) is 0 Å². The Labute approximate surface area is 120 Å². The highest BCUT2D eigenvalue weighted by molar-refractivity contribution is 5.68. The van der Waals surface area contributed by atoms with E-state index in [9.17, 15) is 4.79 Å². The third-order valence-electron chi connectivity index (χ3n) is 3.43. The number of piperidine rings is 1. The van der Waals surface area contributed by atoms with Gasteiger partial charge in [-0.05, 0) is 39.5 Å². The van der Waals surface area contributed by atoms with Gasteiger partial charge in [0.15, 0.2) is 5.89 Å². The van der Waals surface area contributed by atoms with E-state index < -0.39 is 5.60 Å². The highest BCUT2D eigenvalue weighted by atomic mass is 16.6. The Morgan fingerprint density at radius 1 is 1.45 bits per heavy atom. The fourth-order valence-corrected chi connectivity index (χ4v) is 2.43. The quantitative estimate of drug-likeness (QED) is 0.835. The van der Waals surface area contributed by atoms with Crippen LogP contribution in [0, 0.1) is 12.8 Å². The number of likely N-dealkylation sites (tertiary alicyclic amines) is 1. The van der Waals surface area contributed by atoms with Crippen LogP contribution in [-0.2, 0) is 11.2 Å². The van der Waals surface area contributed by atoms with Crippen LogP contribution in [-0.4, -0.2) is 34.7 Å². The minimum Gasteiger partial charge on any atom is -0.446 e. The summed E-state index contributed by atoms with van der Waals surface area (Å²) in [4.78, 5) is 17.9. The van der Waals surface area contributed by atoms with E-state index in [0.29, 0.717) is 11.8 Å². The topological polar surface area (TPSA) is 55.6 Å². The molecule has 112 valence electrons. The highest BCUT2D eigenvalue weighted by Gasteiger charge is 2.27. The summed E-state index contributed by atoms with van der Waals surface area (Å²) in [5.41, 5.74) is -0.425. The lowest BCUT2D eigenvalue weighted by Gasteiger charge is -2.33. The van der Waals surface area contributed by atoms with Crippen molar-refractivity contribution < 1.29 is 13.9 Å². The van der Waals surface area contributed by atoms with E-state index >= 15 is 0 Å². The minimum absolute atomic E-state index is 0.202. The lowest BCUT2D eigenvalue weighted by molar-refractivity contribution is 0.0183. The number of hydrogen-bond acceptors (Lipinski definition) is 4. The predicted octanol–water partition coefficient (Wildman–Crippen LogP) is 3.17. The van der Waals surface area contributed by atoms with Crippen molar-refractivity contribution in [1.29, 1.82) is 0 Å². The van der Waals surface area contributed by atoms with Crippen molar-refractivity contribution in [2.24, 2.45) is 5.92 Å². The van der Waals surface area contributed by atoms with Gasteiger partial charge in [0.2, 0.25) is 0 Å². The third kappa shape index (κ3) is 4.25. The summed E-state index contributed by atoms with van der Waals surface area (Å²) >= 11 is 0. The number of nitrogens with zero attached hydrogens (tertiary/aromatic N) is 2. The van der Waals surface area contributed by atoms with Gasteiger partial charge in [0.25, 0.3) is 0 Å². The molecule has 0 aromatic carbocycles. The van der Waals surface area contributed by atoms with Crippen LogP contribution >= 0.6 is 0 Å². The molecule has 5 nitrogen and oxygen atoms in total. The summed E-state index contributed by atoms with van der Waals surface area (Å²) < 4.78 is 10.9. The maximum absolute atomic E-state index is 12.0. The van der Waals surface area contributed by atoms with Crippen molar-refractivity contribution in [1.82, 2.24) is 9.88 Å². The molecule has 5 heteroatoms. The monoisotopic (exact) mass is 280 g/mol. The van der Waals surface area contributed by atoms with Gasteiger partial charge in [0.1, 0.15) is 11.4 Å². The molecule has 1 aromatic rings. The molecule has 1 amide bonds. The second-order valence-corrected chi connectivity index (χ2v) is 6.46. The Morgan fingerprint density at radius 2 is 2.10 bits per heavy atom. The summed E-state index contributed by atoms with van der Waals surface area (Å²) in [7, 11) is 0. The van der Waals surface area contributed by atoms with E-state index in [4.69, 9.17) is 9.15 Å². The zero-order valence-electron chi connectivity index (χ0n) is 12.8. The first-order valence-corrected chi connectivity index (χ1v) is 7.23. The molecule has 0 atom stereocenters. The maximum atomic E-state index is 12.0. The summed E-state index contributed by atoms with van der Waals surface area (Å²) in [5, 5.41) is 0. The molecule has 1 aliphatic rings. The lowest BCUT2D eigenvalue weighted by atomic mass is 9.93. The normalized spacial score (nSPS) is 17.3. The van der Waals surface area contributed by atoms with E-state index in [2.05, 4.69) is 4.98 Å². The van der Waals surface area contributed by atoms with Crippen molar-refractivity contribution >= 4 is 6.09 Å². The number of carbonyl (C=O) groups excluding carboxylic acids is 1.